The largest absolute Gasteiger partial charge is 0.433 e. The molecule has 0 aliphatic rings. The molecule has 0 radical (unpaired) electrons. The number of carbonyl (C=O) groups is 1. The predicted octanol–water partition coefficient (Wildman–Crippen LogP) is 2.24. The summed E-state index contributed by atoms with van der Waals surface area (Å²) in [5.74, 6) is -0.289. The molecule has 0 bridgehead atoms. The molecule has 1 heterocycles. The number of alkyl halides is 3. The monoisotopic (exact) mass is 290 g/mol. The summed E-state index contributed by atoms with van der Waals surface area (Å²) in [4.78, 5) is 14.9. The minimum absolute atomic E-state index is 0.0909. The Labute approximate surface area is 115 Å². The number of aromatic nitrogens is 1. The maximum Gasteiger partial charge on any atom is 0.433 e. The molecule has 0 saturated carbocycles. The van der Waals surface area contributed by atoms with Crippen LogP contribution in [0.15, 0.2) is 18.3 Å². The maximum absolute atomic E-state index is 12.3. The van der Waals surface area contributed by atoms with Crippen molar-refractivity contribution in [2.75, 3.05) is 13.2 Å². The van der Waals surface area contributed by atoms with Crippen molar-refractivity contribution in [2.24, 2.45) is 5.92 Å². The number of hydrogen-bond acceptors (Lipinski definition) is 3. The maximum atomic E-state index is 12.3. The van der Waals surface area contributed by atoms with Gasteiger partial charge in [-0.3, -0.25) is 9.78 Å². The molecule has 112 valence electrons. The summed E-state index contributed by atoms with van der Waals surface area (Å²) in [6, 6.07) is 1.88. The highest BCUT2D eigenvalue weighted by Gasteiger charge is 2.32. The van der Waals surface area contributed by atoms with E-state index in [9.17, 15) is 18.0 Å². The van der Waals surface area contributed by atoms with Crippen molar-refractivity contribution in [2.45, 2.75) is 25.9 Å². The Morgan fingerprint density at radius 3 is 2.65 bits per heavy atom. The van der Waals surface area contributed by atoms with E-state index in [1.165, 1.54) is 0 Å². The normalized spacial score (nSPS) is 13.1. The second-order valence-corrected chi connectivity index (χ2v) is 4.62. The number of hydrogen-bond donors (Lipinski definition) is 2. The Kier molecular flexibility index (Phi) is 5.94. The van der Waals surface area contributed by atoms with Crippen LogP contribution in [-0.4, -0.2) is 29.1 Å². The van der Waals surface area contributed by atoms with E-state index in [2.05, 4.69) is 10.3 Å². The second kappa shape index (κ2) is 7.23. The van der Waals surface area contributed by atoms with Gasteiger partial charge in [-0.25, -0.2) is 0 Å². The van der Waals surface area contributed by atoms with Gasteiger partial charge in [0.25, 0.3) is 5.91 Å². The summed E-state index contributed by atoms with van der Waals surface area (Å²) in [6.45, 7) is 2.39. The van der Waals surface area contributed by atoms with Crippen LogP contribution < -0.4 is 5.32 Å². The molecule has 0 aliphatic carbocycles. The fourth-order valence-corrected chi connectivity index (χ4v) is 1.54. The number of aliphatic hydroxyl groups is 1. The van der Waals surface area contributed by atoms with Gasteiger partial charge >= 0.3 is 6.18 Å². The first-order chi connectivity index (χ1) is 9.34. The van der Waals surface area contributed by atoms with Gasteiger partial charge in [0.15, 0.2) is 0 Å². The molecular weight excluding hydrogens is 273 g/mol. The van der Waals surface area contributed by atoms with E-state index in [0.717, 1.165) is 24.8 Å². The van der Waals surface area contributed by atoms with E-state index in [0.29, 0.717) is 13.0 Å². The van der Waals surface area contributed by atoms with Crippen molar-refractivity contribution in [3.05, 3.63) is 29.6 Å². The summed E-state index contributed by atoms with van der Waals surface area (Å²) in [5.41, 5.74) is -0.931. The van der Waals surface area contributed by atoms with E-state index in [1.807, 2.05) is 6.92 Å². The molecule has 0 spiro atoms. The van der Waals surface area contributed by atoms with Crippen molar-refractivity contribution in [1.82, 2.24) is 10.3 Å². The van der Waals surface area contributed by atoms with E-state index in [4.69, 9.17) is 5.11 Å². The van der Waals surface area contributed by atoms with Gasteiger partial charge in [-0.05, 0) is 30.9 Å². The number of nitrogens with one attached hydrogen (secondary N) is 1. The Morgan fingerprint density at radius 2 is 2.15 bits per heavy atom. The zero-order valence-corrected chi connectivity index (χ0v) is 11.1. The number of carbonyl (C=O) groups excluding carboxylic acids is 1. The molecule has 1 aromatic heterocycles. The van der Waals surface area contributed by atoms with Gasteiger partial charge in [-0.15, -0.1) is 0 Å². The summed E-state index contributed by atoms with van der Waals surface area (Å²) >= 11 is 0. The molecule has 20 heavy (non-hydrogen) atoms. The third-order valence-electron chi connectivity index (χ3n) is 2.79. The highest BCUT2D eigenvalue weighted by molar-refractivity contribution is 5.93. The van der Waals surface area contributed by atoms with Gasteiger partial charge in [0.1, 0.15) is 5.69 Å². The van der Waals surface area contributed by atoms with Crippen LogP contribution in [0, 0.1) is 5.92 Å². The van der Waals surface area contributed by atoms with Gasteiger partial charge in [0.2, 0.25) is 0 Å². The van der Waals surface area contributed by atoms with Crippen molar-refractivity contribution in [1.29, 1.82) is 0 Å². The predicted molar refractivity (Wildman–Crippen MR) is 67.1 cm³/mol. The van der Waals surface area contributed by atoms with E-state index in [-0.39, 0.29) is 18.1 Å². The van der Waals surface area contributed by atoms with Crippen LogP contribution in [-0.2, 0) is 6.18 Å². The molecule has 1 amide bonds. The van der Waals surface area contributed by atoms with Crippen LogP contribution in [0.1, 0.15) is 35.8 Å². The van der Waals surface area contributed by atoms with Crippen LogP contribution in [0.3, 0.4) is 0 Å². The molecule has 0 saturated heterocycles. The molecule has 1 aromatic rings. The number of nitrogens with zero attached hydrogens (tertiary/aromatic N) is 1. The highest BCUT2D eigenvalue weighted by Crippen LogP contribution is 2.27. The molecule has 2 N–H and O–H groups in total. The van der Waals surface area contributed by atoms with Gasteiger partial charge in [0, 0.05) is 19.3 Å². The Morgan fingerprint density at radius 1 is 1.45 bits per heavy atom. The third-order valence-corrected chi connectivity index (χ3v) is 2.79. The molecule has 1 atom stereocenters. The number of aliphatic hydroxyl groups excluding tert-OH is 1. The lowest BCUT2D eigenvalue weighted by Crippen LogP contribution is -2.25. The number of pyridine rings is 1. The molecule has 0 aromatic carbocycles. The Bertz CT molecular complexity index is 432. The number of halogens is 3. The Hall–Kier alpha value is -1.63. The Balaban J connectivity index is 2.44. The van der Waals surface area contributed by atoms with Crippen LogP contribution in [0.2, 0.25) is 0 Å². The fraction of sp³-hybridized carbons (Fsp3) is 0.538. The standard InChI is InChI=1S/C13H17F3N2O2/c1-9(8-19)3-2-6-17-12(20)10-4-5-11(18-7-10)13(14,15)16/h4-5,7,9,19H,2-3,6,8H2,1H3,(H,17,20). The quantitative estimate of drug-likeness (QED) is 0.790. The number of amides is 1. The molecular formula is C13H17F3N2O2. The summed E-state index contributed by atoms with van der Waals surface area (Å²) in [6.07, 6.45) is -2.13. The van der Waals surface area contributed by atoms with E-state index in [1.54, 1.807) is 0 Å². The molecule has 0 aliphatic heterocycles. The molecule has 7 heteroatoms. The second-order valence-electron chi connectivity index (χ2n) is 4.62. The van der Waals surface area contributed by atoms with Crippen molar-refractivity contribution >= 4 is 5.91 Å². The molecule has 0 fully saturated rings. The first-order valence-electron chi connectivity index (χ1n) is 6.27. The van der Waals surface area contributed by atoms with Crippen molar-refractivity contribution in [3.8, 4) is 0 Å². The van der Waals surface area contributed by atoms with E-state index < -0.39 is 17.8 Å². The first kappa shape index (κ1) is 16.4. The topological polar surface area (TPSA) is 62.2 Å². The zero-order chi connectivity index (χ0) is 15.2. The molecule has 4 nitrogen and oxygen atoms in total. The van der Waals surface area contributed by atoms with E-state index >= 15 is 0 Å². The molecule has 1 rings (SSSR count). The van der Waals surface area contributed by atoms with Gasteiger partial charge < -0.3 is 10.4 Å². The average Bonchev–Trinajstić information content (AvgIpc) is 2.42. The van der Waals surface area contributed by atoms with Gasteiger partial charge in [0.05, 0.1) is 5.56 Å². The smallest absolute Gasteiger partial charge is 0.396 e. The van der Waals surface area contributed by atoms with Crippen molar-refractivity contribution < 1.29 is 23.1 Å². The highest BCUT2D eigenvalue weighted by atomic mass is 19.4. The van der Waals surface area contributed by atoms with Crippen LogP contribution in [0.5, 0.6) is 0 Å². The SMILES string of the molecule is CC(CO)CCCNC(=O)c1ccc(C(F)(F)F)nc1. The van der Waals surface area contributed by atoms with Gasteiger partial charge in [-0.2, -0.15) is 13.2 Å². The zero-order valence-electron chi connectivity index (χ0n) is 11.1. The minimum atomic E-state index is -4.50. The van der Waals surface area contributed by atoms with Crippen molar-refractivity contribution in [3.63, 3.8) is 0 Å². The number of rotatable bonds is 6. The summed E-state index contributed by atoms with van der Waals surface area (Å²) in [7, 11) is 0. The van der Waals surface area contributed by atoms with Crippen LogP contribution in [0.25, 0.3) is 0 Å². The first-order valence-corrected chi connectivity index (χ1v) is 6.27. The van der Waals surface area contributed by atoms with Crippen LogP contribution in [0.4, 0.5) is 13.2 Å². The lowest BCUT2D eigenvalue weighted by atomic mass is 10.1. The summed E-state index contributed by atoms with van der Waals surface area (Å²) < 4.78 is 36.9. The molecule has 1 unspecified atom stereocenters. The third kappa shape index (κ3) is 5.16. The van der Waals surface area contributed by atoms with Gasteiger partial charge in [-0.1, -0.05) is 6.92 Å². The van der Waals surface area contributed by atoms with Crippen LogP contribution >= 0.6 is 0 Å². The minimum Gasteiger partial charge on any atom is -0.396 e. The summed E-state index contributed by atoms with van der Waals surface area (Å²) in [5, 5.41) is 11.4. The average molecular weight is 290 g/mol. The fourth-order valence-electron chi connectivity index (χ4n) is 1.54. The lowest BCUT2D eigenvalue weighted by Gasteiger charge is -2.09. The lowest BCUT2D eigenvalue weighted by molar-refractivity contribution is -0.141.